The first kappa shape index (κ1) is 12.8. The maximum Gasteiger partial charge on any atom is 0.350 e. The fourth-order valence-corrected chi connectivity index (χ4v) is 0.827. The Labute approximate surface area is 78.0 Å². The number of hydrogen-bond donors (Lipinski definition) is 5. The Kier molecular flexibility index (Phi) is 4.44. The lowest BCUT2D eigenvalue weighted by Crippen LogP contribution is -2.59. The van der Waals surface area contributed by atoms with Crippen LogP contribution < -0.4 is 0 Å². The predicted molar refractivity (Wildman–Crippen MR) is 39.3 cm³/mol. The van der Waals surface area contributed by atoms with Crippen molar-refractivity contribution in [2.75, 3.05) is 13.4 Å². The number of aliphatic hydroxyl groups excluding tert-OH is 3. The fraction of sp³-hybridized carbons (Fsp3) is 0.667. The molecule has 0 aromatic heterocycles. The molecule has 0 aromatic rings. The Morgan fingerprint density at radius 2 is 1.64 bits per heavy atom. The van der Waals surface area contributed by atoms with E-state index in [0.29, 0.717) is 0 Å². The van der Waals surface area contributed by atoms with Crippen LogP contribution in [0.5, 0.6) is 0 Å². The lowest BCUT2D eigenvalue weighted by molar-refractivity contribution is -0.215. The summed E-state index contributed by atoms with van der Waals surface area (Å²) in [6, 6.07) is 0. The van der Waals surface area contributed by atoms with Crippen molar-refractivity contribution in [1.29, 1.82) is 0 Å². The monoisotopic (exact) mass is 210 g/mol. The predicted octanol–water partition coefficient (Wildman–Crippen LogP) is -2.79. The van der Waals surface area contributed by atoms with E-state index in [-0.39, 0.29) is 0 Å². The zero-order valence-electron chi connectivity index (χ0n) is 6.95. The van der Waals surface area contributed by atoms with Gasteiger partial charge in [-0.25, -0.2) is 9.59 Å². The molecular weight excluding hydrogens is 200 g/mol. The molecule has 0 saturated carbocycles. The largest absolute Gasteiger partial charge is 0.479 e. The second kappa shape index (κ2) is 4.86. The molecule has 0 bridgehead atoms. The zero-order chi connectivity index (χ0) is 11.4. The van der Waals surface area contributed by atoms with Gasteiger partial charge in [0.25, 0.3) is 5.60 Å². The highest BCUT2D eigenvalue weighted by molar-refractivity contribution is 6.02. The highest BCUT2D eigenvalue weighted by Crippen LogP contribution is 2.17. The molecule has 0 rings (SSSR count). The number of carboxylic acids is 2. The van der Waals surface area contributed by atoms with Gasteiger partial charge in [0.2, 0.25) is 0 Å². The maximum atomic E-state index is 10.6. The van der Waals surface area contributed by atoms with Crippen molar-refractivity contribution in [3.63, 3.8) is 0 Å². The highest BCUT2D eigenvalue weighted by atomic mass is 16.6. The molecule has 14 heavy (non-hydrogen) atoms. The Morgan fingerprint density at radius 1 is 1.21 bits per heavy atom. The van der Waals surface area contributed by atoms with Crippen molar-refractivity contribution < 1.29 is 39.9 Å². The minimum Gasteiger partial charge on any atom is -0.479 e. The average molecular weight is 210 g/mol. The molecule has 8 nitrogen and oxygen atoms in total. The van der Waals surface area contributed by atoms with Crippen molar-refractivity contribution in [3.8, 4) is 0 Å². The molecule has 8 heteroatoms. The van der Waals surface area contributed by atoms with Gasteiger partial charge in [-0.3, -0.25) is 0 Å². The average Bonchev–Trinajstić information content (AvgIpc) is 2.11. The third kappa shape index (κ3) is 1.99. The Balaban J connectivity index is 5.14. The fourth-order valence-electron chi connectivity index (χ4n) is 0.827. The van der Waals surface area contributed by atoms with Crippen molar-refractivity contribution in [3.05, 3.63) is 0 Å². The molecule has 0 aliphatic carbocycles. The molecule has 0 fully saturated rings. The molecule has 0 spiro atoms. The van der Waals surface area contributed by atoms with E-state index in [4.69, 9.17) is 25.5 Å². The van der Waals surface area contributed by atoms with E-state index in [0.717, 1.165) is 0 Å². The van der Waals surface area contributed by atoms with E-state index in [1.54, 1.807) is 0 Å². The number of carboxylic acid groups (broad SMARTS) is 2. The molecule has 1 atom stereocenters. The minimum absolute atomic E-state index is 1.13. The van der Waals surface area contributed by atoms with Crippen LogP contribution >= 0.6 is 0 Å². The van der Waals surface area contributed by atoms with Crippen molar-refractivity contribution in [2.24, 2.45) is 0 Å². The van der Waals surface area contributed by atoms with Gasteiger partial charge in [-0.05, 0) is 0 Å². The summed E-state index contributed by atoms with van der Waals surface area (Å²) >= 11 is 0. The summed E-state index contributed by atoms with van der Waals surface area (Å²) in [5.41, 5.74) is -3.05. The lowest BCUT2D eigenvalue weighted by Gasteiger charge is -2.27. The zero-order valence-corrected chi connectivity index (χ0v) is 6.95. The van der Waals surface area contributed by atoms with Crippen molar-refractivity contribution >= 4 is 11.9 Å². The lowest BCUT2D eigenvalue weighted by atomic mass is 9.97. The van der Waals surface area contributed by atoms with E-state index >= 15 is 0 Å². The number of rotatable bonds is 6. The number of carbonyl (C=O) groups is 2. The Bertz CT molecular complexity index is 210. The third-order valence-electron chi connectivity index (χ3n) is 1.57. The van der Waals surface area contributed by atoms with Gasteiger partial charge in [-0.15, -0.1) is 0 Å². The Hall–Kier alpha value is -1.22. The minimum atomic E-state index is -3.05. The topological polar surface area (TPSA) is 145 Å². The van der Waals surface area contributed by atoms with Crippen LogP contribution in [0.25, 0.3) is 0 Å². The van der Waals surface area contributed by atoms with Crippen LogP contribution in [0.1, 0.15) is 0 Å². The Morgan fingerprint density at radius 3 is 1.86 bits per heavy atom. The van der Waals surface area contributed by atoms with Crippen LogP contribution in [-0.4, -0.2) is 62.6 Å². The van der Waals surface area contributed by atoms with E-state index in [1.807, 2.05) is 0 Å². The first-order valence-electron chi connectivity index (χ1n) is 3.44. The molecular formula is C6H10O8. The normalized spacial score (nSPS) is 13.6. The molecule has 0 radical (unpaired) electrons. The van der Waals surface area contributed by atoms with Crippen LogP contribution in [0.4, 0.5) is 0 Å². The maximum absolute atomic E-state index is 10.6. The number of hydrogen-bond acceptors (Lipinski definition) is 6. The first-order chi connectivity index (χ1) is 6.43. The molecule has 5 N–H and O–H groups in total. The summed E-state index contributed by atoms with van der Waals surface area (Å²) in [5, 5.41) is 42.8. The number of ether oxygens (including phenoxy) is 1. The smallest absolute Gasteiger partial charge is 0.350 e. The van der Waals surface area contributed by atoms with Crippen LogP contribution in [0.2, 0.25) is 0 Å². The second-order valence-electron chi connectivity index (χ2n) is 2.32. The molecule has 0 saturated heterocycles. The van der Waals surface area contributed by atoms with E-state index in [1.165, 1.54) is 0 Å². The standard InChI is InChI=1S/C6H10O8/c7-1-3(9)6(4(10)11,5(12)13)14-2-8/h3,7-9H,1-2H2,(H,10,11)(H,12,13). The van der Waals surface area contributed by atoms with Crippen molar-refractivity contribution in [1.82, 2.24) is 0 Å². The van der Waals surface area contributed by atoms with E-state index in [2.05, 4.69) is 4.74 Å². The molecule has 82 valence electrons. The summed E-state index contributed by atoms with van der Waals surface area (Å²) < 4.78 is 4.05. The molecule has 1 unspecified atom stereocenters. The van der Waals surface area contributed by atoms with E-state index in [9.17, 15) is 9.59 Å². The van der Waals surface area contributed by atoms with Gasteiger partial charge in [0.05, 0.1) is 6.61 Å². The van der Waals surface area contributed by atoms with Gasteiger partial charge in [0.1, 0.15) is 12.9 Å². The molecule has 0 aliphatic rings. The van der Waals surface area contributed by atoms with E-state index < -0.39 is 37.0 Å². The number of aliphatic hydroxyl groups is 3. The van der Waals surface area contributed by atoms with Crippen LogP contribution in [-0.2, 0) is 14.3 Å². The summed E-state index contributed by atoms with van der Waals surface area (Å²) in [5.74, 6) is -4.03. The summed E-state index contributed by atoms with van der Waals surface area (Å²) in [6.07, 6.45) is -2.18. The van der Waals surface area contributed by atoms with Gasteiger partial charge in [0, 0.05) is 0 Å². The molecule has 0 aliphatic heterocycles. The van der Waals surface area contributed by atoms with Gasteiger partial charge < -0.3 is 30.3 Å². The van der Waals surface area contributed by atoms with Gasteiger partial charge in [0.15, 0.2) is 0 Å². The number of aliphatic carboxylic acids is 2. The van der Waals surface area contributed by atoms with Crippen LogP contribution in [0.3, 0.4) is 0 Å². The van der Waals surface area contributed by atoms with Crippen LogP contribution in [0.15, 0.2) is 0 Å². The van der Waals surface area contributed by atoms with Crippen molar-refractivity contribution in [2.45, 2.75) is 11.7 Å². The van der Waals surface area contributed by atoms with Gasteiger partial charge >= 0.3 is 11.9 Å². The first-order valence-corrected chi connectivity index (χ1v) is 3.44. The summed E-state index contributed by atoms with van der Waals surface area (Å²) in [4.78, 5) is 21.1. The molecule has 0 heterocycles. The highest BCUT2D eigenvalue weighted by Gasteiger charge is 2.54. The second-order valence-corrected chi connectivity index (χ2v) is 2.32. The SMILES string of the molecule is O=C(O)C(OCO)(C(=O)O)C(O)CO. The summed E-state index contributed by atoms with van der Waals surface area (Å²) in [6.45, 7) is -2.34. The van der Waals surface area contributed by atoms with Gasteiger partial charge in [-0.1, -0.05) is 0 Å². The van der Waals surface area contributed by atoms with Crippen LogP contribution in [0, 0.1) is 0 Å². The molecule has 0 aromatic carbocycles. The summed E-state index contributed by atoms with van der Waals surface area (Å²) in [7, 11) is 0. The quantitative estimate of drug-likeness (QED) is 0.234. The molecule has 0 amide bonds. The third-order valence-corrected chi connectivity index (χ3v) is 1.57. The van der Waals surface area contributed by atoms with Gasteiger partial charge in [-0.2, -0.15) is 0 Å².